The highest BCUT2D eigenvalue weighted by molar-refractivity contribution is 5.97. The van der Waals surface area contributed by atoms with Gasteiger partial charge in [0.15, 0.2) is 5.82 Å². The molecule has 1 aliphatic heterocycles. The van der Waals surface area contributed by atoms with E-state index in [1.54, 1.807) is 28.6 Å². The molecule has 7 nitrogen and oxygen atoms in total. The normalized spacial score (nSPS) is 15.5. The van der Waals surface area contributed by atoms with Crippen LogP contribution in [0.3, 0.4) is 0 Å². The number of alkyl halides is 2. The second-order valence-electron chi connectivity index (χ2n) is 6.13. The van der Waals surface area contributed by atoms with Crippen molar-refractivity contribution in [3.05, 3.63) is 41.5 Å². The Balaban J connectivity index is 1.68. The van der Waals surface area contributed by atoms with E-state index in [2.05, 4.69) is 14.9 Å². The molecule has 1 N–H and O–H groups in total. The van der Waals surface area contributed by atoms with Gasteiger partial charge in [0.05, 0.1) is 5.56 Å². The largest absolute Gasteiger partial charge is 0.434 e. The van der Waals surface area contributed by atoms with Gasteiger partial charge in [-0.1, -0.05) is 12.1 Å². The molecule has 9 heteroatoms. The maximum atomic E-state index is 12.7. The van der Waals surface area contributed by atoms with Gasteiger partial charge in [-0.3, -0.25) is 4.79 Å². The van der Waals surface area contributed by atoms with Crippen molar-refractivity contribution in [2.24, 2.45) is 7.05 Å². The van der Waals surface area contributed by atoms with Crippen LogP contribution in [0.5, 0.6) is 5.75 Å². The zero-order valence-corrected chi connectivity index (χ0v) is 14.3. The summed E-state index contributed by atoms with van der Waals surface area (Å²) in [7, 11) is 1.80. The average molecular weight is 366 g/mol. The number of aliphatic hydroxyl groups is 1. The standard InChI is InChI=1S/C17H20F2N4O3/c1-22-14(10-24)20-21-15(22)11-6-8-23(9-7-11)16(25)12-4-2-3-5-13(12)26-17(18)19/h2-5,11,17,24H,6-10H2,1H3. The topological polar surface area (TPSA) is 80.5 Å². The molecule has 3 rings (SSSR count). The van der Waals surface area contributed by atoms with E-state index >= 15 is 0 Å². The van der Waals surface area contributed by atoms with Crippen LogP contribution in [0.4, 0.5) is 8.78 Å². The number of carbonyl (C=O) groups is 1. The summed E-state index contributed by atoms with van der Waals surface area (Å²) in [5.74, 6) is 0.966. The number of likely N-dealkylation sites (tertiary alicyclic amines) is 1. The Bertz CT molecular complexity index is 773. The third-order valence-corrected chi connectivity index (χ3v) is 4.62. The van der Waals surface area contributed by atoms with Crippen LogP contribution >= 0.6 is 0 Å². The molecule has 26 heavy (non-hydrogen) atoms. The van der Waals surface area contributed by atoms with E-state index in [1.165, 1.54) is 12.1 Å². The zero-order valence-electron chi connectivity index (χ0n) is 14.3. The zero-order chi connectivity index (χ0) is 18.7. The summed E-state index contributed by atoms with van der Waals surface area (Å²) in [4.78, 5) is 14.3. The van der Waals surface area contributed by atoms with E-state index in [9.17, 15) is 18.7 Å². The molecule has 140 valence electrons. The van der Waals surface area contributed by atoms with E-state index < -0.39 is 6.61 Å². The fourth-order valence-electron chi connectivity index (χ4n) is 3.22. The van der Waals surface area contributed by atoms with E-state index in [1.807, 2.05) is 0 Å². The van der Waals surface area contributed by atoms with Crippen molar-refractivity contribution in [2.45, 2.75) is 32.0 Å². The lowest BCUT2D eigenvalue weighted by atomic mass is 9.95. The van der Waals surface area contributed by atoms with Crippen molar-refractivity contribution >= 4 is 5.91 Å². The van der Waals surface area contributed by atoms with Crippen molar-refractivity contribution < 1.29 is 23.4 Å². The number of nitrogens with zero attached hydrogens (tertiary/aromatic N) is 4. The minimum atomic E-state index is -2.98. The Morgan fingerprint density at radius 2 is 2.00 bits per heavy atom. The van der Waals surface area contributed by atoms with E-state index in [0.29, 0.717) is 31.8 Å². The Kier molecular flexibility index (Phi) is 5.46. The van der Waals surface area contributed by atoms with Gasteiger partial charge in [0.2, 0.25) is 0 Å². The van der Waals surface area contributed by atoms with Crippen LogP contribution in [0.2, 0.25) is 0 Å². The molecular formula is C17H20F2N4O3. The SMILES string of the molecule is Cn1c(CO)nnc1C1CCN(C(=O)c2ccccc2OC(F)F)CC1. The molecular weight excluding hydrogens is 346 g/mol. The number of hydrogen-bond acceptors (Lipinski definition) is 5. The molecule has 1 saturated heterocycles. The average Bonchev–Trinajstić information content (AvgIpc) is 3.02. The van der Waals surface area contributed by atoms with E-state index in [4.69, 9.17) is 0 Å². The number of hydrogen-bond donors (Lipinski definition) is 1. The van der Waals surface area contributed by atoms with Gasteiger partial charge in [0.1, 0.15) is 18.2 Å². The van der Waals surface area contributed by atoms with Gasteiger partial charge in [-0.2, -0.15) is 8.78 Å². The molecule has 1 aromatic heterocycles. The summed E-state index contributed by atoms with van der Waals surface area (Å²) in [6.45, 7) is -2.20. The summed E-state index contributed by atoms with van der Waals surface area (Å²) < 4.78 is 31.3. The highest BCUT2D eigenvalue weighted by Crippen LogP contribution is 2.29. The lowest BCUT2D eigenvalue weighted by molar-refractivity contribution is -0.0503. The van der Waals surface area contributed by atoms with Crippen molar-refractivity contribution in [2.75, 3.05) is 13.1 Å². The van der Waals surface area contributed by atoms with Crippen LogP contribution in [0.15, 0.2) is 24.3 Å². The number of aliphatic hydroxyl groups excluding tert-OH is 1. The summed E-state index contributed by atoms with van der Waals surface area (Å²) >= 11 is 0. The van der Waals surface area contributed by atoms with Crippen molar-refractivity contribution in [1.29, 1.82) is 0 Å². The number of benzene rings is 1. The molecule has 2 heterocycles. The molecule has 0 unspecified atom stereocenters. The molecule has 1 amide bonds. The molecule has 0 saturated carbocycles. The molecule has 1 fully saturated rings. The molecule has 0 radical (unpaired) electrons. The fourth-order valence-corrected chi connectivity index (χ4v) is 3.22. The van der Waals surface area contributed by atoms with Gasteiger partial charge in [-0.05, 0) is 25.0 Å². The summed E-state index contributed by atoms with van der Waals surface area (Å²) in [6, 6.07) is 6.02. The number of carbonyl (C=O) groups excluding carboxylic acids is 1. The summed E-state index contributed by atoms with van der Waals surface area (Å²) in [5.41, 5.74) is 0.132. The fraction of sp³-hybridized carbons (Fsp3) is 0.471. The van der Waals surface area contributed by atoms with Gasteiger partial charge in [-0.25, -0.2) is 0 Å². The first-order valence-corrected chi connectivity index (χ1v) is 8.33. The molecule has 0 aliphatic carbocycles. The van der Waals surface area contributed by atoms with Crippen LogP contribution in [-0.2, 0) is 13.7 Å². The van der Waals surface area contributed by atoms with Crippen LogP contribution in [0.25, 0.3) is 0 Å². The molecule has 1 aliphatic rings. The van der Waals surface area contributed by atoms with Gasteiger partial charge >= 0.3 is 6.61 Å². The molecule has 1 aromatic carbocycles. The lowest BCUT2D eigenvalue weighted by Crippen LogP contribution is -2.38. The first-order chi connectivity index (χ1) is 12.5. The number of amides is 1. The Hall–Kier alpha value is -2.55. The number of para-hydroxylation sites is 1. The van der Waals surface area contributed by atoms with Crippen LogP contribution in [-0.4, -0.2) is 50.4 Å². The van der Waals surface area contributed by atoms with Gasteiger partial charge < -0.3 is 19.3 Å². The van der Waals surface area contributed by atoms with Crippen molar-refractivity contribution in [1.82, 2.24) is 19.7 Å². The number of aromatic nitrogens is 3. The van der Waals surface area contributed by atoms with Crippen LogP contribution in [0, 0.1) is 0 Å². The highest BCUT2D eigenvalue weighted by Gasteiger charge is 2.29. The molecule has 0 bridgehead atoms. The summed E-state index contributed by atoms with van der Waals surface area (Å²) in [6.07, 6.45) is 1.36. The van der Waals surface area contributed by atoms with Crippen molar-refractivity contribution in [3.8, 4) is 5.75 Å². The third kappa shape index (κ3) is 3.67. The van der Waals surface area contributed by atoms with Gasteiger partial charge in [-0.15, -0.1) is 10.2 Å². The summed E-state index contributed by atoms with van der Waals surface area (Å²) in [5, 5.41) is 17.3. The predicted octanol–water partition coefficient (Wildman–Crippen LogP) is 1.93. The van der Waals surface area contributed by atoms with E-state index in [-0.39, 0.29) is 29.7 Å². The Morgan fingerprint density at radius 1 is 1.31 bits per heavy atom. The smallest absolute Gasteiger partial charge is 0.387 e. The third-order valence-electron chi connectivity index (χ3n) is 4.62. The van der Waals surface area contributed by atoms with Gasteiger partial charge in [0, 0.05) is 26.1 Å². The predicted molar refractivity (Wildman–Crippen MR) is 87.9 cm³/mol. The Labute approximate surface area is 149 Å². The number of rotatable bonds is 5. The first-order valence-electron chi connectivity index (χ1n) is 8.33. The minimum absolute atomic E-state index is 0.115. The highest BCUT2D eigenvalue weighted by atomic mass is 19.3. The van der Waals surface area contributed by atoms with Crippen LogP contribution < -0.4 is 4.74 Å². The van der Waals surface area contributed by atoms with Gasteiger partial charge in [0.25, 0.3) is 5.91 Å². The molecule has 0 spiro atoms. The maximum Gasteiger partial charge on any atom is 0.387 e. The quantitative estimate of drug-likeness (QED) is 0.875. The molecule has 2 aromatic rings. The lowest BCUT2D eigenvalue weighted by Gasteiger charge is -2.31. The van der Waals surface area contributed by atoms with Crippen LogP contribution in [0.1, 0.15) is 40.8 Å². The Morgan fingerprint density at radius 3 is 2.62 bits per heavy atom. The first kappa shape index (κ1) is 18.2. The number of piperidine rings is 1. The molecule has 0 atom stereocenters. The second-order valence-corrected chi connectivity index (χ2v) is 6.13. The minimum Gasteiger partial charge on any atom is -0.434 e. The van der Waals surface area contributed by atoms with E-state index in [0.717, 1.165) is 5.82 Å². The second kappa shape index (κ2) is 7.77. The number of halogens is 2. The maximum absolute atomic E-state index is 12.7. The monoisotopic (exact) mass is 366 g/mol. The van der Waals surface area contributed by atoms with Crippen molar-refractivity contribution in [3.63, 3.8) is 0 Å². The number of ether oxygens (including phenoxy) is 1.